The number of rotatable bonds is 12. The lowest BCUT2D eigenvalue weighted by atomic mass is 9.59. The number of nitrogens with two attached hydrogens (primary N) is 2. The summed E-state index contributed by atoms with van der Waals surface area (Å²) in [7, 11) is 13.1. The molecular formula is C38H51BN10O6. The Morgan fingerprint density at radius 2 is 0.982 bits per heavy atom. The highest BCUT2D eigenvalue weighted by molar-refractivity contribution is 6.16. The third-order valence-electron chi connectivity index (χ3n) is 10.3. The lowest BCUT2D eigenvalue weighted by Gasteiger charge is -2.40. The van der Waals surface area contributed by atoms with Gasteiger partial charge in [-0.1, -0.05) is 26.1 Å². The molecule has 2 saturated heterocycles. The predicted octanol–water partition coefficient (Wildman–Crippen LogP) is 3.31. The van der Waals surface area contributed by atoms with E-state index in [2.05, 4.69) is 9.97 Å². The molecule has 4 heterocycles. The lowest BCUT2D eigenvalue weighted by Crippen LogP contribution is -2.50. The molecule has 2 aliphatic heterocycles. The Hall–Kier alpha value is -5.48. The Morgan fingerprint density at radius 1 is 0.618 bits per heavy atom. The second-order valence-corrected chi connectivity index (χ2v) is 15.4. The number of hydrogen-bond acceptors (Lipinski definition) is 14. The first-order chi connectivity index (χ1) is 26.1. The predicted molar refractivity (Wildman–Crippen MR) is 213 cm³/mol. The molecule has 2 amide bonds. The van der Waals surface area contributed by atoms with Gasteiger partial charge in [-0.3, -0.25) is 9.59 Å². The average molecular weight is 755 g/mol. The summed E-state index contributed by atoms with van der Waals surface area (Å²) in [6.45, 7) is 10.2. The van der Waals surface area contributed by atoms with Crippen molar-refractivity contribution < 1.29 is 28.5 Å². The molecule has 6 rings (SSSR count). The SMILES string of the molecule is [B]C(C)(CC(=O)N1CCN(c2nc(N)c3cc(OC)c(OC)cc3n2)CC1)CC(C)(C)CC(=O)N1CCN(c2nc(N)c3cc(OC)c(OC)cc3n2)CC1. The summed E-state index contributed by atoms with van der Waals surface area (Å²) in [6.07, 6.45) is 0.966. The van der Waals surface area contributed by atoms with E-state index in [1.807, 2.05) is 40.4 Å². The molecule has 2 aliphatic rings. The maximum atomic E-state index is 13.6. The Bertz CT molecular complexity index is 1920. The molecule has 16 nitrogen and oxygen atoms in total. The molecule has 2 aromatic heterocycles. The summed E-state index contributed by atoms with van der Waals surface area (Å²) >= 11 is 0. The van der Waals surface area contributed by atoms with E-state index in [0.717, 1.165) is 0 Å². The number of carbonyl (C=O) groups excluding carboxylic acids is 2. The van der Waals surface area contributed by atoms with Gasteiger partial charge in [0.2, 0.25) is 23.7 Å². The number of piperazine rings is 2. The number of nitrogens with zero attached hydrogens (tertiary/aromatic N) is 8. The number of carbonyl (C=O) groups is 2. The summed E-state index contributed by atoms with van der Waals surface area (Å²) in [5.41, 5.74) is 13.5. The molecule has 0 bridgehead atoms. The van der Waals surface area contributed by atoms with Crippen molar-refractivity contribution in [3.8, 4) is 23.0 Å². The second-order valence-electron chi connectivity index (χ2n) is 15.4. The molecule has 2 aromatic carbocycles. The number of nitrogen functional groups attached to an aromatic ring is 2. The normalized spacial score (nSPS) is 16.3. The van der Waals surface area contributed by atoms with Gasteiger partial charge in [0.1, 0.15) is 11.6 Å². The fraction of sp³-hybridized carbons (Fsp3) is 0.526. The number of benzene rings is 2. The molecule has 1 atom stereocenters. The van der Waals surface area contributed by atoms with E-state index in [-0.39, 0.29) is 18.2 Å². The zero-order chi connectivity index (χ0) is 39.7. The number of methoxy groups -OCH3 is 4. The van der Waals surface area contributed by atoms with Gasteiger partial charge in [-0.2, -0.15) is 9.97 Å². The number of aromatic nitrogens is 4. The third kappa shape index (κ3) is 8.60. The lowest BCUT2D eigenvalue weighted by molar-refractivity contribution is -0.133. The summed E-state index contributed by atoms with van der Waals surface area (Å²) < 4.78 is 21.7. The quantitative estimate of drug-likeness (QED) is 0.201. The van der Waals surface area contributed by atoms with Gasteiger partial charge in [0.05, 0.1) is 47.3 Å². The fourth-order valence-electron chi connectivity index (χ4n) is 7.72. The highest BCUT2D eigenvalue weighted by Gasteiger charge is 2.35. The minimum atomic E-state index is -0.813. The van der Waals surface area contributed by atoms with Crippen molar-refractivity contribution >= 4 is 65.0 Å². The molecule has 2 radical (unpaired) electrons. The fourth-order valence-corrected chi connectivity index (χ4v) is 7.72. The molecule has 1 unspecified atom stereocenters. The van der Waals surface area contributed by atoms with Crippen LogP contribution in [-0.4, -0.2) is 130 Å². The number of anilines is 4. The molecule has 55 heavy (non-hydrogen) atoms. The Kier molecular flexibility index (Phi) is 11.2. The van der Waals surface area contributed by atoms with Gasteiger partial charge in [-0.15, -0.1) is 0 Å². The molecule has 292 valence electrons. The van der Waals surface area contributed by atoms with E-state index in [4.69, 9.17) is 48.2 Å². The summed E-state index contributed by atoms with van der Waals surface area (Å²) in [6, 6.07) is 7.10. The van der Waals surface area contributed by atoms with Crippen molar-refractivity contribution in [1.29, 1.82) is 0 Å². The van der Waals surface area contributed by atoms with Crippen LogP contribution in [0.15, 0.2) is 24.3 Å². The molecule has 0 saturated carbocycles. The van der Waals surface area contributed by atoms with Gasteiger partial charge in [0, 0.05) is 88.1 Å². The van der Waals surface area contributed by atoms with Gasteiger partial charge >= 0.3 is 0 Å². The maximum Gasteiger partial charge on any atom is 0.228 e. The Balaban J connectivity index is 0.995. The zero-order valence-corrected chi connectivity index (χ0v) is 32.8. The van der Waals surface area contributed by atoms with Crippen LogP contribution in [-0.2, 0) is 9.59 Å². The van der Waals surface area contributed by atoms with Crippen molar-refractivity contribution in [2.45, 2.75) is 45.3 Å². The van der Waals surface area contributed by atoms with Crippen LogP contribution < -0.4 is 40.2 Å². The van der Waals surface area contributed by atoms with Crippen molar-refractivity contribution in [3.63, 3.8) is 0 Å². The molecule has 2 fully saturated rings. The van der Waals surface area contributed by atoms with Crippen LogP contribution in [0.5, 0.6) is 23.0 Å². The molecule has 4 N–H and O–H groups in total. The van der Waals surface area contributed by atoms with E-state index in [0.29, 0.717) is 134 Å². The van der Waals surface area contributed by atoms with Crippen LogP contribution in [0.3, 0.4) is 0 Å². The summed E-state index contributed by atoms with van der Waals surface area (Å²) in [5, 5.41) is 0.537. The van der Waals surface area contributed by atoms with Gasteiger partial charge < -0.3 is 50.0 Å². The van der Waals surface area contributed by atoms with Crippen LogP contribution in [0.25, 0.3) is 21.8 Å². The molecule has 0 aliphatic carbocycles. The van der Waals surface area contributed by atoms with Crippen LogP contribution in [0, 0.1) is 5.41 Å². The highest BCUT2D eigenvalue weighted by atomic mass is 16.5. The van der Waals surface area contributed by atoms with Crippen LogP contribution in [0.2, 0.25) is 5.31 Å². The molecule has 17 heteroatoms. The molecular weight excluding hydrogens is 703 g/mol. The highest BCUT2D eigenvalue weighted by Crippen LogP contribution is 2.43. The average Bonchev–Trinajstić information content (AvgIpc) is 3.15. The topological polar surface area (TPSA) is 188 Å². The van der Waals surface area contributed by atoms with Crippen molar-refractivity contribution in [3.05, 3.63) is 24.3 Å². The van der Waals surface area contributed by atoms with Crippen LogP contribution in [0.4, 0.5) is 23.5 Å². The number of ether oxygens (including phenoxy) is 4. The summed E-state index contributed by atoms with van der Waals surface area (Å²) in [5.74, 6) is 3.91. The van der Waals surface area contributed by atoms with Gasteiger partial charge in [-0.05, 0) is 24.0 Å². The first-order valence-corrected chi connectivity index (χ1v) is 18.4. The van der Waals surface area contributed by atoms with E-state index in [9.17, 15) is 9.59 Å². The number of hydrogen-bond donors (Lipinski definition) is 2. The minimum absolute atomic E-state index is 0.0206. The number of fused-ring (bicyclic) bond motifs is 2. The minimum Gasteiger partial charge on any atom is -0.493 e. The first kappa shape index (κ1) is 39.2. The standard InChI is InChI=1S/C38H51BN10O6/c1-37(2,20-31(50)46-8-12-48(13-9-46)35-42-25-18-29(54-6)27(52-4)16-23(25)33(40)44-35)22-38(3,39)21-32(51)47-10-14-49(15-11-47)36-43-26-19-30(55-7)28(53-5)17-24(26)34(41)45-36/h16-19H,8-15,20-22H2,1-7H3,(H2,40,42,44)(H2,41,43,45). The summed E-state index contributed by atoms with van der Waals surface area (Å²) in [4.78, 5) is 53.4. The number of amides is 2. The van der Waals surface area contributed by atoms with Gasteiger partial charge in [0.25, 0.3) is 0 Å². The van der Waals surface area contributed by atoms with Crippen molar-refractivity contribution in [1.82, 2.24) is 29.7 Å². The van der Waals surface area contributed by atoms with Crippen LogP contribution >= 0.6 is 0 Å². The Morgan fingerprint density at radius 3 is 1.36 bits per heavy atom. The molecule has 4 aromatic rings. The van der Waals surface area contributed by atoms with E-state index in [1.165, 1.54) is 0 Å². The zero-order valence-electron chi connectivity index (χ0n) is 32.8. The van der Waals surface area contributed by atoms with E-state index in [1.54, 1.807) is 52.7 Å². The largest absolute Gasteiger partial charge is 0.493 e. The van der Waals surface area contributed by atoms with E-state index < -0.39 is 10.7 Å². The first-order valence-electron chi connectivity index (χ1n) is 18.4. The van der Waals surface area contributed by atoms with Crippen molar-refractivity contribution in [2.24, 2.45) is 5.41 Å². The Labute approximate surface area is 322 Å². The third-order valence-corrected chi connectivity index (χ3v) is 10.3. The maximum absolute atomic E-state index is 13.6. The van der Waals surface area contributed by atoms with E-state index >= 15 is 0 Å². The van der Waals surface area contributed by atoms with Crippen molar-refractivity contribution in [2.75, 3.05) is 102 Å². The van der Waals surface area contributed by atoms with Crippen LogP contribution in [0.1, 0.15) is 40.0 Å². The molecule has 0 spiro atoms. The second kappa shape index (κ2) is 15.7. The van der Waals surface area contributed by atoms with Gasteiger partial charge in [-0.25, -0.2) is 9.97 Å². The monoisotopic (exact) mass is 754 g/mol. The van der Waals surface area contributed by atoms with Gasteiger partial charge in [0.15, 0.2) is 23.0 Å². The smallest absolute Gasteiger partial charge is 0.228 e.